The molecular formula is C11H13ClN2. The van der Waals surface area contributed by atoms with E-state index < -0.39 is 0 Å². The highest BCUT2D eigenvalue weighted by atomic mass is 35.5. The zero-order valence-electron chi connectivity index (χ0n) is 8.34. The number of benzene rings is 1. The minimum Gasteiger partial charge on any atom is -0.345 e. The molecule has 0 unspecified atom stereocenters. The summed E-state index contributed by atoms with van der Waals surface area (Å²) in [6.07, 6.45) is 2.68. The summed E-state index contributed by atoms with van der Waals surface area (Å²) in [5.41, 5.74) is 3.06. The fourth-order valence-corrected chi connectivity index (χ4v) is 1.90. The minimum absolute atomic E-state index is 0.615. The molecule has 0 aliphatic carbocycles. The summed E-state index contributed by atoms with van der Waals surface area (Å²) in [7, 11) is 0. The van der Waals surface area contributed by atoms with Crippen LogP contribution in [-0.4, -0.2) is 9.97 Å². The molecule has 14 heavy (non-hydrogen) atoms. The lowest BCUT2D eigenvalue weighted by molar-refractivity contribution is 0.648. The molecule has 74 valence electrons. The maximum atomic E-state index is 6.24. The summed E-state index contributed by atoms with van der Waals surface area (Å²) in [6, 6.07) is 4.11. The molecule has 1 aromatic carbocycles. The second-order valence-corrected chi connectivity index (χ2v) is 4.31. The molecule has 1 aromatic heterocycles. The lowest BCUT2D eigenvalue weighted by atomic mass is 10.0. The monoisotopic (exact) mass is 208 g/mol. The van der Waals surface area contributed by atoms with E-state index in [1.54, 1.807) is 6.33 Å². The van der Waals surface area contributed by atoms with Crippen LogP contribution in [0.2, 0.25) is 5.02 Å². The number of imidazole rings is 1. The normalized spacial score (nSPS) is 11.4. The fraction of sp³-hybridized carbons (Fsp3) is 0.364. The van der Waals surface area contributed by atoms with Gasteiger partial charge in [-0.2, -0.15) is 0 Å². The first-order chi connectivity index (χ1) is 6.68. The van der Waals surface area contributed by atoms with Gasteiger partial charge in [0.1, 0.15) is 5.52 Å². The van der Waals surface area contributed by atoms with Crippen LogP contribution in [-0.2, 0) is 6.42 Å². The van der Waals surface area contributed by atoms with E-state index in [0.29, 0.717) is 5.92 Å². The van der Waals surface area contributed by atoms with Crippen molar-refractivity contribution in [1.29, 1.82) is 0 Å². The SMILES string of the molecule is CC(C)Cc1ccc2[nH]cnc2c1Cl. The number of nitrogens with zero attached hydrogens (tertiary/aromatic N) is 1. The standard InChI is InChI=1S/C11H13ClN2/c1-7(2)5-8-3-4-9-11(10(8)12)14-6-13-9/h3-4,6-7H,5H2,1-2H3,(H,13,14). The number of nitrogens with one attached hydrogen (secondary N) is 1. The molecule has 3 heteroatoms. The highest BCUT2D eigenvalue weighted by molar-refractivity contribution is 6.35. The molecule has 0 amide bonds. The van der Waals surface area contributed by atoms with Gasteiger partial charge in [0, 0.05) is 0 Å². The van der Waals surface area contributed by atoms with Crippen molar-refractivity contribution in [3.05, 3.63) is 29.0 Å². The Morgan fingerprint density at radius 2 is 2.21 bits per heavy atom. The molecule has 1 N–H and O–H groups in total. The number of fused-ring (bicyclic) bond motifs is 1. The van der Waals surface area contributed by atoms with Gasteiger partial charge in [-0.15, -0.1) is 0 Å². The van der Waals surface area contributed by atoms with E-state index in [0.717, 1.165) is 22.5 Å². The van der Waals surface area contributed by atoms with Crippen molar-refractivity contribution in [1.82, 2.24) is 9.97 Å². The third-order valence-corrected chi connectivity index (χ3v) is 2.66. The summed E-state index contributed by atoms with van der Waals surface area (Å²) < 4.78 is 0. The average Bonchev–Trinajstić information content (AvgIpc) is 2.57. The van der Waals surface area contributed by atoms with Crippen molar-refractivity contribution in [2.24, 2.45) is 5.92 Å². The Balaban J connectivity index is 2.51. The molecule has 2 aromatic rings. The van der Waals surface area contributed by atoms with Gasteiger partial charge in [0.2, 0.25) is 0 Å². The highest BCUT2D eigenvalue weighted by Crippen LogP contribution is 2.26. The Labute approximate surface area is 88.3 Å². The van der Waals surface area contributed by atoms with Crippen LogP contribution in [0, 0.1) is 5.92 Å². The van der Waals surface area contributed by atoms with Gasteiger partial charge in [0.15, 0.2) is 0 Å². The number of hydrogen-bond acceptors (Lipinski definition) is 1. The predicted octanol–water partition coefficient (Wildman–Crippen LogP) is 3.41. The number of aromatic nitrogens is 2. The van der Waals surface area contributed by atoms with Gasteiger partial charge in [-0.05, 0) is 24.0 Å². The van der Waals surface area contributed by atoms with E-state index >= 15 is 0 Å². The van der Waals surface area contributed by atoms with Crippen LogP contribution in [0.1, 0.15) is 19.4 Å². The zero-order chi connectivity index (χ0) is 10.1. The van der Waals surface area contributed by atoms with Crippen LogP contribution in [0.4, 0.5) is 0 Å². The lowest BCUT2D eigenvalue weighted by Gasteiger charge is -2.07. The molecule has 0 aliphatic heterocycles. The predicted molar refractivity (Wildman–Crippen MR) is 59.6 cm³/mol. The Hall–Kier alpha value is -1.02. The molecule has 0 atom stereocenters. The van der Waals surface area contributed by atoms with Crippen LogP contribution in [0.5, 0.6) is 0 Å². The van der Waals surface area contributed by atoms with Crippen molar-refractivity contribution in [3.63, 3.8) is 0 Å². The highest BCUT2D eigenvalue weighted by Gasteiger charge is 2.08. The molecule has 2 nitrogen and oxygen atoms in total. The number of aromatic amines is 1. The van der Waals surface area contributed by atoms with Gasteiger partial charge in [-0.3, -0.25) is 0 Å². The number of rotatable bonds is 2. The average molecular weight is 209 g/mol. The smallest absolute Gasteiger partial charge is 0.107 e. The topological polar surface area (TPSA) is 28.7 Å². The molecule has 1 heterocycles. The van der Waals surface area contributed by atoms with Gasteiger partial charge in [-0.1, -0.05) is 31.5 Å². The summed E-state index contributed by atoms with van der Waals surface area (Å²) in [5, 5.41) is 0.789. The maximum absolute atomic E-state index is 6.24. The molecule has 0 saturated heterocycles. The summed E-state index contributed by atoms with van der Waals surface area (Å²) in [4.78, 5) is 7.24. The number of halogens is 1. The van der Waals surface area contributed by atoms with Crippen LogP contribution in [0.15, 0.2) is 18.5 Å². The van der Waals surface area contributed by atoms with Crippen LogP contribution in [0.25, 0.3) is 11.0 Å². The molecule has 0 aliphatic rings. The molecule has 0 radical (unpaired) electrons. The van der Waals surface area contributed by atoms with E-state index in [1.165, 1.54) is 5.56 Å². The lowest BCUT2D eigenvalue weighted by Crippen LogP contribution is -1.95. The molecule has 0 saturated carbocycles. The second-order valence-electron chi connectivity index (χ2n) is 3.94. The van der Waals surface area contributed by atoms with Crippen molar-refractivity contribution in [3.8, 4) is 0 Å². The van der Waals surface area contributed by atoms with Crippen molar-refractivity contribution < 1.29 is 0 Å². The molecular weight excluding hydrogens is 196 g/mol. The molecule has 0 spiro atoms. The minimum atomic E-state index is 0.615. The molecule has 2 rings (SSSR count). The summed E-state index contributed by atoms with van der Waals surface area (Å²) in [5.74, 6) is 0.615. The van der Waals surface area contributed by atoms with Gasteiger partial charge in [-0.25, -0.2) is 4.98 Å². The van der Waals surface area contributed by atoms with E-state index in [4.69, 9.17) is 11.6 Å². The second kappa shape index (κ2) is 3.62. The first-order valence-electron chi connectivity index (χ1n) is 4.79. The van der Waals surface area contributed by atoms with Crippen LogP contribution in [0.3, 0.4) is 0 Å². The third-order valence-electron chi connectivity index (χ3n) is 2.24. The number of H-pyrrole nitrogens is 1. The van der Waals surface area contributed by atoms with Gasteiger partial charge >= 0.3 is 0 Å². The van der Waals surface area contributed by atoms with E-state index in [1.807, 2.05) is 6.07 Å². The first-order valence-corrected chi connectivity index (χ1v) is 5.16. The quantitative estimate of drug-likeness (QED) is 0.805. The van der Waals surface area contributed by atoms with Gasteiger partial charge in [0.05, 0.1) is 16.9 Å². The summed E-state index contributed by atoms with van der Waals surface area (Å²) >= 11 is 6.24. The van der Waals surface area contributed by atoms with Gasteiger partial charge < -0.3 is 4.98 Å². The van der Waals surface area contributed by atoms with Crippen molar-refractivity contribution in [2.45, 2.75) is 20.3 Å². The Bertz CT molecular complexity index is 445. The summed E-state index contributed by atoms with van der Waals surface area (Å²) in [6.45, 7) is 4.37. The van der Waals surface area contributed by atoms with E-state index in [-0.39, 0.29) is 0 Å². The van der Waals surface area contributed by atoms with E-state index in [2.05, 4.69) is 29.9 Å². The third kappa shape index (κ3) is 1.62. The van der Waals surface area contributed by atoms with Crippen molar-refractivity contribution in [2.75, 3.05) is 0 Å². The van der Waals surface area contributed by atoms with Crippen molar-refractivity contribution >= 4 is 22.6 Å². The largest absolute Gasteiger partial charge is 0.345 e. The number of hydrogen-bond donors (Lipinski definition) is 1. The molecule has 0 bridgehead atoms. The zero-order valence-corrected chi connectivity index (χ0v) is 9.10. The van der Waals surface area contributed by atoms with Crippen LogP contribution >= 0.6 is 11.6 Å². The maximum Gasteiger partial charge on any atom is 0.107 e. The Kier molecular flexibility index (Phi) is 2.46. The Morgan fingerprint density at radius 1 is 1.43 bits per heavy atom. The van der Waals surface area contributed by atoms with Gasteiger partial charge in [0.25, 0.3) is 0 Å². The first kappa shape index (κ1) is 9.53. The van der Waals surface area contributed by atoms with Crippen LogP contribution < -0.4 is 0 Å². The fourth-order valence-electron chi connectivity index (χ4n) is 1.61. The Morgan fingerprint density at radius 3 is 2.93 bits per heavy atom. The molecule has 0 fully saturated rings. The van der Waals surface area contributed by atoms with E-state index in [9.17, 15) is 0 Å².